The molecule has 0 heterocycles. The zero-order valence-corrected chi connectivity index (χ0v) is 15.5. The molecule has 0 fully saturated rings. The lowest BCUT2D eigenvalue weighted by atomic mass is 10.1. The van der Waals surface area contributed by atoms with E-state index in [4.69, 9.17) is 9.47 Å². The van der Waals surface area contributed by atoms with Crippen molar-refractivity contribution < 1.29 is 19.1 Å². The molecule has 0 spiro atoms. The molecular formula is C21H32O4. The van der Waals surface area contributed by atoms with Crippen LogP contribution in [-0.4, -0.2) is 18.5 Å². The average molecular weight is 348 g/mol. The van der Waals surface area contributed by atoms with Gasteiger partial charge in [0, 0.05) is 12.8 Å². The van der Waals surface area contributed by atoms with E-state index in [1.54, 1.807) is 0 Å². The van der Waals surface area contributed by atoms with Crippen LogP contribution in [0.4, 0.5) is 0 Å². The Labute approximate surface area is 151 Å². The van der Waals surface area contributed by atoms with Crippen LogP contribution < -0.4 is 0 Å². The second-order valence-electron chi connectivity index (χ2n) is 6.34. The molecule has 25 heavy (non-hydrogen) atoms. The molecule has 0 aromatic heterocycles. The van der Waals surface area contributed by atoms with Gasteiger partial charge in [0.1, 0.15) is 6.61 Å². The molecule has 0 bridgehead atoms. The third kappa shape index (κ3) is 12.2. The Kier molecular flexibility index (Phi) is 12.3. The van der Waals surface area contributed by atoms with E-state index in [2.05, 4.69) is 6.92 Å². The Hall–Kier alpha value is -1.84. The molecule has 1 aromatic rings. The highest BCUT2D eigenvalue weighted by atomic mass is 16.5. The van der Waals surface area contributed by atoms with E-state index in [-0.39, 0.29) is 11.9 Å². The summed E-state index contributed by atoms with van der Waals surface area (Å²) >= 11 is 0. The molecule has 0 aliphatic heterocycles. The number of ether oxygens (including phenoxy) is 2. The van der Waals surface area contributed by atoms with Crippen molar-refractivity contribution in [2.75, 3.05) is 6.61 Å². The zero-order valence-electron chi connectivity index (χ0n) is 15.5. The minimum Gasteiger partial charge on any atom is -0.466 e. The minimum absolute atomic E-state index is 0.161. The molecule has 0 unspecified atom stereocenters. The van der Waals surface area contributed by atoms with Gasteiger partial charge in [-0.2, -0.15) is 0 Å². The maximum absolute atomic E-state index is 11.6. The van der Waals surface area contributed by atoms with Crippen LogP contribution >= 0.6 is 0 Å². The number of rotatable bonds is 14. The molecule has 0 atom stereocenters. The SMILES string of the molecule is CCCCCCCCOC(=O)CCCCC(=O)OCc1ccccc1. The second-order valence-corrected chi connectivity index (χ2v) is 6.34. The van der Waals surface area contributed by atoms with Crippen LogP contribution in [-0.2, 0) is 25.7 Å². The Balaban J connectivity index is 1.92. The van der Waals surface area contributed by atoms with Crippen molar-refractivity contribution in [2.45, 2.75) is 77.7 Å². The van der Waals surface area contributed by atoms with Crippen LogP contribution in [0.25, 0.3) is 0 Å². The lowest BCUT2D eigenvalue weighted by molar-refractivity contribution is -0.146. The van der Waals surface area contributed by atoms with E-state index in [9.17, 15) is 9.59 Å². The van der Waals surface area contributed by atoms with Crippen molar-refractivity contribution in [1.82, 2.24) is 0 Å². The number of benzene rings is 1. The van der Waals surface area contributed by atoms with Crippen molar-refractivity contribution in [2.24, 2.45) is 0 Å². The topological polar surface area (TPSA) is 52.6 Å². The summed E-state index contributed by atoms with van der Waals surface area (Å²) in [4.78, 5) is 23.2. The van der Waals surface area contributed by atoms with Crippen molar-refractivity contribution in [1.29, 1.82) is 0 Å². The molecule has 0 saturated heterocycles. The normalized spacial score (nSPS) is 10.4. The van der Waals surface area contributed by atoms with Crippen molar-refractivity contribution in [3.05, 3.63) is 35.9 Å². The highest BCUT2D eigenvalue weighted by Gasteiger charge is 2.06. The second kappa shape index (κ2) is 14.5. The number of hydrogen-bond donors (Lipinski definition) is 0. The van der Waals surface area contributed by atoms with Gasteiger partial charge in [-0.1, -0.05) is 69.4 Å². The Morgan fingerprint density at radius 3 is 2.04 bits per heavy atom. The molecule has 140 valence electrons. The van der Waals surface area contributed by atoms with E-state index in [1.807, 2.05) is 30.3 Å². The van der Waals surface area contributed by atoms with Gasteiger partial charge in [0.2, 0.25) is 0 Å². The molecule has 0 N–H and O–H groups in total. The molecular weight excluding hydrogens is 316 g/mol. The molecule has 0 aliphatic rings. The van der Waals surface area contributed by atoms with Gasteiger partial charge in [0.15, 0.2) is 0 Å². The maximum atomic E-state index is 11.6. The van der Waals surface area contributed by atoms with E-state index >= 15 is 0 Å². The predicted molar refractivity (Wildman–Crippen MR) is 99.0 cm³/mol. The van der Waals surface area contributed by atoms with E-state index in [0.29, 0.717) is 38.9 Å². The monoisotopic (exact) mass is 348 g/mol. The minimum atomic E-state index is -0.218. The highest BCUT2D eigenvalue weighted by Crippen LogP contribution is 2.07. The van der Waals surface area contributed by atoms with E-state index < -0.39 is 0 Å². The number of esters is 2. The molecule has 4 heteroatoms. The lowest BCUT2D eigenvalue weighted by Crippen LogP contribution is -2.07. The first-order chi connectivity index (χ1) is 12.2. The maximum Gasteiger partial charge on any atom is 0.306 e. The summed E-state index contributed by atoms with van der Waals surface area (Å²) in [6.45, 7) is 3.02. The number of hydrogen-bond acceptors (Lipinski definition) is 4. The quantitative estimate of drug-likeness (QED) is 0.343. The smallest absolute Gasteiger partial charge is 0.306 e. The third-order valence-corrected chi connectivity index (χ3v) is 4.02. The van der Waals surface area contributed by atoms with Crippen LogP contribution in [0.2, 0.25) is 0 Å². The van der Waals surface area contributed by atoms with Gasteiger partial charge in [-0.3, -0.25) is 9.59 Å². The summed E-state index contributed by atoms with van der Waals surface area (Å²) in [6.07, 6.45) is 9.13. The van der Waals surface area contributed by atoms with Crippen LogP contribution in [0, 0.1) is 0 Å². The summed E-state index contributed by atoms with van der Waals surface area (Å²) < 4.78 is 10.4. The molecule has 0 radical (unpaired) electrons. The standard InChI is InChI=1S/C21H32O4/c1-2-3-4-5-6-12-17-24-20(22)15-10-11-16-21(23)25-18-19-13-8-7-9-14-19/h7-9,13-14H,2-6,10-12,15-18H2,1H3. The largest absolute Gasteiger partial charge is 0.466 e. The van der Waals surface area contributed by atoms with Gasteiger partial charge >= 0.3 is 11.9 Å². The van der Waals surface area contributed by atoms with E-state index in [1.165, 1.54) is 25.7 Å². The average Bonchev–Trinajstić information content (AvgIpc) is 2.63. The van der Waals surface area contributed by atoms with Crippen LogP contribution in [0.1, 0.15) is 76.7 Å². The number of carbonyl (C=O) groups excluding carboxylic acids is 2. The highest BCUT2D eigenvalue weighted by molar-refractivity contribution is 5.70. The third-order valence-electron chi connectivity index (χ3n) is 4.02. The molecule has 1 rings (SSSR count). The predicted octanol–water partition coefficient (Wildman–Crippen LogP) is 5.19. The van der Waals surface area contributed by atoms with Crippen LogP contribution in [0.5, 0.6) is 0 Å². The molecule has 0 amide bonds. The lowest BCUT2D eigenvalue weighted by Gasteiger charge is -2.06. The number of carbonyl (C=O) groups is 2. The fourth-order valence-corrected chi connectivity index (χ4v) is 2.49. The van der Waals surface area contributed by atoms with Crippen molar-refractivity contribution >= 4 is 11.9 Å². The molecule has 0 aliphatic carbocycles. The first-order valence-corrected chi connectivity index (χ1v) is 9.57. The van der Waals surface area contributed by atoms with Gasteiger partial charge in [-0.15, -0.1) is 0 Å². The summed E-state index contributed by atoms with van der Waals surface area (Å²) in [5, 5.41) is 0. The summed E-state index contributed by atoms with van der Waals surface area (Å²) in [7, 11) is 0. The molecule has 0 saturated carbocycles. The van der Waals surface area contributed by atoms with Gasteiger partial charge < -0.3 is 9.47 Å². The van der Waals surface area contributed by atoms with Gasteiger partial charge in [0.05, 0.1) is 6.61 Å². The van der Waals surface area contributed by atoms with Crippen LogP contribution in [0.15, 0.2) is 30.3 Å². The summed E-state index contributed by atoms with van der Waals surface area (Å²) in [5.41, 5.74) is 0.981. The van der Waals surface area contributed by atoms with Crippen molar-refractivity contribution in [3.63, 3.8) is 0 Å². The Morgan fingerprint density at radius 2 is 1.36 bits per heavy atom. The molecule has 1 aromatic carbocycles. The van der Waals surface area contributed by atoms with Gasteiger partial charge in [0.25, 0.3) is 0 Å². The Bertz CT molecular complexity index is 470. The van der Waals surface area contributed by atoms with E-state index in [0.717, 1.165) is 18.4 Å². The zero-order chi connectivity index (χ0) is 18.2. The van der Waals surface area contributed by atoms with Gasteiger partial charge in [-0.25, -0.2) is 0 Å². The van der Waals surface area contributed by atoms with Crippen LogP contribution in [0.3, 0.4) is 0 Å². The number of unbranched alkanes of at least 4 members (excludes halogenated alkanes) is 6. The fourth-order valence-electron chi connectivity index (χ4n) is 2.49. The summed E-state index contributed by atoms with van der Waals surface area (Å²) in [6, 6.07) is 9.61. The Morgan fingerprint density at radius 1 is 0.760 bits per heavy atom. The van der Waals surface area contributed by atoms with Gasteiger partial charge in [-0.05, 0) is 24.8 Å². The first kappa shape index (κ1) is 21.2. The van der Waals surface area contributed by atoms with Crippen molar-refractivity contribution in [3.8, 4) is 0 Å². The first-order valence-electron chi connectivity index (χ1n) is 9.57. The fraction of sp³-hybridized carbons (Fsp3) is 0.619. The molecule has 4 nitrogen and oxygen atoms in total. The summed E-state index contributed by atoms with van der Waals surface area (Å²) in [5.74, 6) is -0.379.